The number of hydrogen-bond acceptors (Lipinski definition) is 3. The molecule has 3 rings (SSSR count). The zero-order valence-corrected chi connectivity index (χ0v) is 9.97. The summed E-state index contributed by atoms with van der Waals surface area (Å²) in [5, 5.41) is 1.03. The summed E-state index contributed by atoms with van der Waals surface area (Å²) in [6.45, 7) is 4.33. The summed E-state index contributed by atoms with van der Waals surface area (Å²) in [5.41, 5.74) is 3.77. The first-order chi connectivity index (χ1) is 8.31. The van der Waals surface area contributed by atoms with Crippen LogP contribution in [0.15, 0.2) is 35.1 Å². The number of benzene rings is 1. The quantitative estimate of drug-likeness (QED) is 0.665. The average Bonchev–Trinajstić information content (AvgIpc) is 2.86. The Hall–Kier alpha value is -1.90. The molecule has 0 saturated carbocycles. The predicted octanol–water partition coefficient (Wildman–Crippen LogP) is 3.89. The van der Waals surface area contributed by atoms with Crippen molar-refractivity contribution in [3.05, 3.63) is 36.4 Å². The summed E-state index contributed by atoms with van der Waals surface area (Å²) in [6.07, 6.45) is 2.55. The number of hydrogen-bond donors (Lipinski definition) is 0. The molecule has 0 radical (unpaired) electrons. The van der Waals surface area contributed by atoms with Crippen molar-refractivity contribution >= 4 is 22.0 Å². The van der Waals surface area contributed by atoms with Crippen LogP contribution >= 0.6 is 0 Å². The van der Waals surface area contributed by atoms with Crippen molar-refractivity contribution in [3.8, 4) is 0 Å². The molecule has 0 aliphatic rings. The number of aromatic nitrogens is 2. The molecular formula is C14H14N2O. The summed E-state index contributed by atoms with van der Waals surface area (Å²) >= 11 is 0. The lowest BCUT2D eigenvalue weighted by molar-refractivity contribution is 0.605. The van der Waals surface area contributed by atoms with Gasteiger partial charge in [-0.3, -0.25) is 4.98 Å². The molecule has 0 bridgehead atoms. The van der Waals surface area contributed by atoms with Crippen LogP contribution in [-0.2, 0) is 0 Å². The zero-order chi connectivity index (χ0) is 11.8. The van der Waals surface area contributed by atoms with E-state index in [1.807, 2.05) is 24.3 Å². The topological polar surface area (TPSA) is 38.9 Å². The van der Waals surface area contributed by atoms with E-state index < -0.39 is 0 Å². The Morgan fingerprint density at radius 2 is 2.12 bits per heavy atom. The van der Waals surface area contributed by atoms with E-state index in [1.165, 1.54) is 6.39 Å². The van der Waals surface area contributed by atoms with E-state index in [-0.39, 0.29) is 0 Å². The highest BCUT2D eigenvalue weighted by Crippen LogP contribution is 2.30. The van der Waals surface area contributed by atoms with Gasteiger partial charge >= 0.3 is 0 Å². The van der Waals surface area contributed by atoms with Crippen molar-refractivity contribution in [3.63, 3.8) is 0 Å². The van der Waals surface area contributed by atoms with Gasteiger partial charge in [0.15, 0.2) is 12.0 Å². The van der Waals surface area contributed by atoms with Crippen LogP contribution in [-0.4, -0.2) is 9.97 Å². The minimum absolute atomic E-state index is 0.396. The molecule has 3 aromatic rings. The van der Waals surface area contributed by atoms with Crippen molar-refractivity contribution in [2.24, 2.45) is 0 Å². The first kappa shape index (κ1) is 10.3. The van der Waals surface area contributed by atoms with Crippen molar-refractivity contribution in [2.75, 3.05) is 0 Å². The number of oxazole rings is 1. The van der Waals surface area contributed by atoms with Gasteiger partial charge in [-0.1, -0.05) is 26.0 Å². The molecule has 0 N–H and O–H groups in total. The molecule has 3 nitrogen and oxygen atoms in total. The van der Waals surface area contributed by atoms with Crippen LogP contribution in [0, 0.1) is 0 Å². The SMILES string of the molecule is CCC(C)c1nc2ccccc2c2ocnc12. The Morgan fingerprint density at radius 3 is 2.94 bits per heavy atom. The van der Waals surface area contributed by atoms with E-state index in [4.69, 9.17) is 9.40 Å². The van der Waals surface area contributed by atoms with Gasteiger partial charge in [0.25, 0.3) is 0 Å². The Kier molecular flexibility index (Phi) is 2.32. The molecule has 0 saturated heterocycles. The normalized spacial score (nSPS) is 13.3. The summed E-state index contributed by atoms with van der Waals surface area (Å²) in [7, 11) is 0. The molecule has 3 heteroatoms. The molecular weight excluding hydrogens is 212 g/mol. The maximum atomic E-state index is 5.52. The largest absolute Gasteiger partial charge is 0.443 e. The van der Waals surface area contributed by atoms with E-state index in [0.717, 1.165) is 34.1 Å². The van der Waals surface area contributed by atoms with E-state index in [1.54, 1.807) is 0 Å². The third kappa shape index (κ3) is 1.50. The second kappa shape index (κ2) is 3.84. The van der Waals surface area contributed by atoms with Gasteiger partial charge in [-0.15, -0.1) is 0 Å². The van der Waals surface area contributed by atoms with Crippen LogP contribution < -0.4 is 0 Å². The molecule has 2 heterocycles. The molecule has 1 unspecified atom stereocenters. The molecule has 86 valence electrons. The summed E-state index contributed by atoms with van der Waals surface area (Å²) in [5.74, 6) is 0.396. The van der Waals surface area contributed by atoms with Gasteiger partial charge in [-0.25, -0.2) is 4.98 Å². The average molecular weight is 226 g/mol. The standard InChI is InChI=1S/C14H14N2O/c1-3-9(2)12-13-14(17-8-15-13)10-6-4-5-7-11(10)16-12/h4-9H,3H2,1-2H3. The molecule has 0 aliphatic carbocycles. The molecule has 0 spiro atoms. The molecule has 2 aromatic heterocycles. The minimum Gasteiger partial charge on any atom is -0.443 e. The van der Waals surface area contributed by atoms with E-state index >= 15 is 0 Å². The van der Waals surface area contributed by atoms with Gasteiger partial charge in [0.1, 0.15) is 5.52 Å². The van der Waals surface area contributed by atoms with Crippen LogP contribution in [0.25, 0.3) is 22.0 Å². The second-order valence-corrected chi connectivity index (χ2v) is 4.35. The fourth-order valence-electron chi connectivity index (χ4n) is 2.10. The van der Waals surface area contributed by atoms with Crippen molar-refractivity contribution in [1.82, 2.24) is 9.97 Å². The number of fused-ring (bicyclic) bond motifs is 3. The molecule has 1 aromatic carbocycles. The first-order valence-corrected chi connectivity index (χ1v) is 5.93. The van der Waals surface area contributed by atoms with Crippen LogP contribution in [0.2, 0.25) is 0 Å². The zero-order valence-electron chi connectivity index (χ0n) is 9.97. The van der Waals surface area contributed by atoms with Crippen molar-refractivity contribution < 1.29 is 4.42 Å². The highest BCUT2D eigenvalue weighted by atomic mass is 16.3. The number of para-hydroxylation sites is 1. The lowest BCUT2D eigenvalue weighted by Crippen LogP contribution is -1.97. The smallest absolute Gasteiger partial charge is 0.182 e. The second-order valence-electron chi connectivity index (χ2n) is 4.35. The lowest BCUT2D eigenvalue weighted by Gasteiger charge is -2.09. The molecule has 0 fully saturated rings. The first-order valence-electron chi connectivity index (χ1n) is 5.93. The van der Waals surface area contributed by atoms with Crippen LogP contribution in [0.3, 0.4) is 0 Å². The molecule has 1 atom stereocenters. The van der Waals surface area contributed by atoms with Crippen LogP contribution in [0.4, 0.5) is 0 Å². The Balaban J connectivity index is 2.43. The van der Waals surface area contributed by atoms with Gasteiger partial charge in [-0.05, 0) is 18.6 Å². The molecule has 0 amide bonds. The number of pyridine rings is 1. The Morgan fingerprint density at radius 1 is 1.29 bits per heavy atom. The minimum atomic E-state index is 0.396. The van der Waals surface area contributed by atoms with Gasteiger partial charge in [0, 0.05) is 11.3 Å². The fourth-order valence-corrected chi connectivity index (χ4v) is 2.10. The lowest BCUT2D eigenvalue weighted by atomic mass is 10.0. The summed E-state index contributed by atoms with van der Waals surface area (Å²) < 4.78 is 5.52. The molecule has 0 aliphatic heterocycles. The Bertz CT molecular complexity index is 672. The Labute approximate surface area is 99.5 Å². The maximum Gasteiger partial charge on any atom is 0.182 e. The van der Waals surface area contributed by atoms with Gasteiger partial charge < -0.3 is 4.42 Å². The van der Waals surface area contributed by atoms with Gasteiger partial charge in [0.05, 0.1) is 11.2 Å². The van der Waals surface area contributed by atoms with Gasteiger partial charge in [-0.2, -0.15) is 0 Å². The monoisotopic (exact) mass is 226 g/mol. The van der Waals surface area contributed by atoms with Crippen LogP contribution in [0.1, 0.15) is 31.9 Å². The van der Waals surface area contributed by atoms with E-state index in [9.17, 15) is 0 Å². The van der Waals surface area contributed by atoms with Crippen molar-refractivity contribution in [1.29, 1.82) is 0 Å². The highest BCUT2D eigenvalue weighted by Gasteiger charge is 2.15. The molecule has 17 heavy (non-hydrogen) atoms. The predicted molar refractivity (Wildman–Crippen MR) is 68.0 cm³/mol. The fraction of sp³-hybridized carbons (Fsp3) is 0.286. The maximum absolute atomic E-state index is 5.52. The highest BCUT2D eigenvalue weighted by molar-refractivity contribution is 6.01. The number of nitrogens with zero attached hydrogens (tertiary/aromatic N) is 2. The van der Waals surface area contributed by atoms with E-state index in [0.29, 0.717) is 5.92 Å². The van der Waals surface area contributed by atoms with Crippen LogP contribution in [0.5, 0.6) is 0 Å². The summed E-state index contributed by atoms with van der Waals surface area (Å²) in [4.78, 5) is 9.03. The van der Waals surface area contributed by atoms with Crippen molar-refractivity contribution in [2.45, 2.75) is 26.2 Å². The van der Waals surface area contributed by atoms with Gasteiger partial charge in [0.2, 0.25) is 0 Å². The third-order valence-corrected chi connectivity index (χ3v) is 3.28. The summed E-state index contributed by atoms with van der Waals surface area (Å²) in [6, 6.07) is 8.03. The third-order valence-electron chi connectivity index (χ3n) is 3.28. The van der Waals surface area contributed by atoms with E-state index in [2.05, 4.69) is 18.8 Å². The number of rotatable bonds is 2.